The van der Waals surface area contributed by atoms with Gasteiger partial charge in [-0.25, -0.2) is 8.78 Å². The van der Waals surface area contributed by atoms with Gasteiger partial charge < -0.3 is 0 Å². The number of hydrogen-bond acceptors (Lipinski definition) is 0. The number of allylic oxidation sites excluding steroid dienone is 4. The van der Waals surface area contributed by atoms with E-state index in [9.17, 15) is 8.78 Å². The standard InChI is InChI=1S/C15H16F2/c1-2-15(14(16)17)10-8-13(9-11-15)12-6-4-3-5-7-12/h3-11,13-14H,2H2,1H3. The number of benzene rings is 1. The molecule has 90 valence electrons. The Morgan fingerprint density at radius 2 is 1.71 bits per heavy atom. The Balaban J connectivity index is 2.21. The van der Waals surface area contributed by atoms with Crippen molar-refractivity contribution in [3.8, 4) is 0 Å². The van der Waals surface area contributed by atoms with Crippen LogP contribution in [0.2, 0.25) is 0 Å². The zero-order valence-corrected chi connectivity index (χ0v) is 9.81. The normalized spacial score (nSPS) is 27.6. The predicted octanol–water partition coefficient (Wildman–Crippen LogP) is 4.56. The number of halogens is 2. The second kappa shape index (κ2) is 4.82. The van der Waals surface area contributed by atoms with Gasteiger partial charge in [-0.05, 0) is 12.0 Å². The molecule has 0 spiro atoms. The van der Waals surface area contributed by atoms with Crippen LogP contribution in [0.25, 0.3) is 0 Å². The Labute approximate surface area is 101 Å². The van der Waals surface area contributed by atoms with Gasteiger partial charge in [0.1, 0.15) is 0 Å². The molecule has 1 aliphatic rings. The van der Waals surface area contributed by atoms with Gasteiger partial charge in [0, 0.05) is 5.92 Å². The maximum absolute atomic E-state index is 13.0. The van der Waals surface area contributed by atoms with Gasteiger partial charge in [-0.2, -0.15) is 0 Å². The largest absolute Gasteiger partial charge is 0.250 e. The molecule has 0 heterocycles. The van der Waals surface area contributed by atoms with Crippen LogP contribution in [-0.4, -0.2) is 6.43 Å². The van der Waals surface area contributed by atoms with E-state index in [4.69, 9.17) is 0 Å². The SMILES string of the molecule is CCC1(C(F)F)C=CC(c2ccccc2)C=C1. The molecule has 1 aromatic rings. The highest BCUT2D eigenvalue weighted by Crippen LogP contribution is 2.39. The van der Waals surface area contributed by atoms with Crippen molar-refractivity contribution in [2.45, 2.75) is 25.7 Å². The molecular weight excluding hydrogens is 218 g/mol. The molecule has 0 unspecified atom stereocenters. The number of hydrogen-bond donors (Lipinski definition) is 0. The van der Waals surface area contributed by atoms with E-state index in [1.807, 2.05) is 42.5 Å². The molecule has 0 amide bonds. The summed E-state index contributed by atoms with van der Waals surface area (Å²) >= 11 is 0. The first-order valence-corrected chi connectivity index (χ1v) is 5.90. The lowest BCUT2D eigenvalue weighted by atomic mass is 9.78. The summed E-state index contributed by atoms with van der Waals surface area (Å²) in [5.41, 5.74) is 0.0737. The molecule has 2 rings (SSSR count). The minimum absolute atomic E-state index is 0.120. The van der Waals surface area contributed by atoms with Crippen LogP contribution in [-0.2, 0) is 0 Å². The van der Waals surface area contributed by atoms with Crippen LogP contribution in [0.1, 0.15) is 24.8 Å². The Kier molecular flexibility index (Phi) is 3.41. The second-order valence-corrected chi connectivity index (χ2v) is 4.42. The number of rotatable bonds is 3. The molecule has 0 N–H and O–H groups in total. The average Bonchev–Trinajstić information content (AvgIpc) is 2.39. The summed E-state index contributed by atoms with van der Waals surface area (Å²) in [6, 6.07) is 9.91. The zero-order valence-electron chi connectivity index (χ0n) is 9.81. The molecule has 17 heavy (non-hydrogen) atoms. The highest BCUT2D eigenvalue weighted by atomic mass is 19.3. The molecule has 0 fully saturated rings. The quantitative estimate of drug-likeness (QED) is 0.673. The highest BCUT2D eigenvalue weighted by molar-refractivity contribution is 5.34. The van der Waals surface area contributed by atoms with Crippen molar-refractivity contribution in [2.24, 2.45) is 5.41 Å². The van der Waals surface area contributed by atoms with E-state index in [1.165, 1.54) is 0 Å². The third kappa shape index (κ3) is 2.31. The lowest BCUT2D eigenvalue weighted by molar-refractivity contribution is 0.0540. The van der Waals surface area contributed by atoms with Crippen LogP contribution in [0.5, 0.6) is 0 Å². The number of alkyl halides is 2. The molecular formula is C15H16F2. The maximum Gasteiger partial charge on any atom is 0.250 e. The van der Waals surface area contributed by atoms with Crippen molar-refractivity contribution in [1.29, 1.82) is 0 Å². The van der Waals surface area contributed by atoms with Crippen LogP contribution < -0.4 is 0 Å². The lowest BCUT2D eigenvalue weighted by Gasteiger charge is -2.29. The fourth-order valence-electron chi connectivity index (χ4n) is 2.12. The smallest absolute Gasteiger partial charge is 0.209 e. The van der Waals surface area contributed by atoms with Crippen molar-refractivity contribution >= 4 is 0 Å². The summed E-state index contributed by atoms with van der Waals surface area (Å²) < 4.78 is 26.0. The molecule has 2 heteroatoms. The first-order valence-electron chi connectivity index (χ1n) is 5.90. The Morgan fingerprint density at radius 1 is 1.12 bits per heavy atom. The monoisotopic (exact) mass is 234 g/mol. The second-order valence-electron chi connectivity index (χ2n) is 4.42. The van der Waals surface area contributed by atoms with Gasteiger partial charge in [-0.3, -0.25) is 0 Å². The fraction of sp³-hybridized carbons (Fsp3) is 0.333. The van der Waals surface area contributed by atoms with Gasteiger partial charge in [0.2, 0.25) is 0 Å². The van der Waals surface area contributed by atoms with E-state index in [1.54, 1.807) is 19.1 Å². The lowest BCUT2D eigenvalue weighted by Crippen LogP contribution is -2.26. The Hall–Kier alpha value is -1.44. The summed E-state index contributed by atoms with van der Waals surface area (Å²) in [6.45, 7) is 1.80. The van der Waals surface area contributed by atoms with E-state index in [-0.39, 0.29) is 5.92 Å². The van der Waals surface area contributed by atoms with Gasteiger partial charge in [-0.1, -0.05) is 61.6 Å². The van der Waals surface area contributed by atoms with Crippen molar-refractivity contribution < 1.29 is 8.78 Å². The van der Waals surface area contributed by atoms with Crippen molar-refractivity contribution in [3.63, 3.8) is 0 Å². The van der Waals surface area contributed by atoms with Gasteiger partial charge >= 0.3 is 0 Å². The van der Waals surface area contributed by atoms with E-state index in [0.717, 1.165) is 5.56 Å². The molecule has 0 saturated carbocycles. The van der Waals surface area contributed by atoms with E-state index in [0.29, 0.717) is 6.42 Å². The molecule has 0 aromatic heterocycles. The van der Waals surface area contributed by atoms with Gasteiger partial charge in [0.05, 0.1) is 5.41 Å². The first-order chi connectivity index (χ1) is 8.18. The highest BCUT2D eigenvalue weighted by Gasteiger charge is 2.34. The minimum atomic E-state index is -2.34. The average molecular weight is 234 g/mol. The van der Waals surface area contributed by atoms with Crippen LogP contribution in [0.15, 0.2) is 54.6 Å². The molecule has 0 radical (unpaired) electrons. The first kappa shape index (κ1) is 12.0. The zero-order chi connectivity index (χ0) is 12.3. The molecule has 0 atom stereocenters. The molecule has 1 aliphatic carbocycles. The summed E-state index contributed by atoms with van der Waals surface area (Å²) in [4.78, 5) is 0. The third-order valence-electron chi connectivity index (χ3n) is 3.43. The van der Waals surface area contributed by atoms with E-state index < -0.39 is 11.8 Å². The summed E-state index contributed by atoms with van der Waals surface area (Å²) in [7, 11) is 0. The van der Waals surface area contributed by atoms with E-state index >= 15 is 0 Å². The summed E-state index contributed by atoms with van der Waals surface area (Å²) in [6.07, 6.45) is 5.18. The van der Waals surface area contributed by atoms with Gasteiger partial charge in [-0.15, -0.1) is 0 Å². The minimum Gasteiger partial charge on any atom is -0.209 e. The molecule has 1 aromatic carbocycles. The van der Waals surface area contributed by atoms with Gasteiger partial charge in [0.25, 0.3) is 6.43 Å². The topological polar surface area (TPSA) is 0 Å². The molecule has 0 aliphatic heterocycles. The summed E-state index contributed by atoms with van der Waals surface area (Å²) in [5.74, 6) is 0.120. The van der Waals surface area contributed by atoms with Crippen molar-refractivity contribution in [3.05, 3.63) is 60.2 Å². The molecule has 0 saturated heterocycles. The third-order valence-corrected chi connectivity index (χ3v) is 3.43. The Bertz CT molecular complexity index is 404. The van der Waals surface area contributed by atoms with E-state index in [2.05, 4.69) is 0 Å². The molecule has 0 nitrogen and oxygen atoms in total. The predicted molar refractivity (Wildman–Crippen MR) is 66.2 cm³/mol. The van der Waals surface area contributed by atoms with Crippen LogP contribution in [0.4, 0.5) is 8.78 Å². The maximum atomic E-state index is 13.0. The van der Waals surface area contributed by atoms with Crippen molar-refractivity contribution in [2.75, 3.05) is 0 Å². The summed E-state index contributed by atoms with van der Waals surface area (Å²) in [5, 5.41) is 0. The van der Waals surface area contributed by atoms with Crippen LogP contribution >= 0.6 is 0 Å². The van der Waals surface area contributed by atoms with Crippen molar-refractivity contribution in [1.82, 2.24) is 0 Å². The fourth-order valence-corrected chi connectivity index (χ4v) is 2.12. The van der Waals surface area contributed by atoms with Crippen LogP contribution in [0, 0.1) is 5.41 Å². The molecule has 0 bridgehead atoms. The van der Waals surface area contributed by atoms with Crippen LogP contribution in [0.3, 0.4) is 0 Å². The van der Waals surface area contributed by atoms with Gasteiger partial charge in [0.15, 0.2) is 0 Å². The Morgan fingerprint density at radius 3 is 2.18 bits per heavy atom.